The van der Waals surface area contributed by atoms with Crippen molar-refractivity contribution in [2.45, 2.75) is 24.3 Å². The predicted molar refractivity (Wildman–Crippen MR) is 74.9 cm³/mol. The third-order valence-corrected chi connectivity index (χ3v) is 3.90. The summed E-state index contributed by atoms with van der Waals surface area (Å²) in [4.78, 5) is 0. The van der Waals surface area contributed by atoms with Crippen molar-refractivity contribution < 1.29 is 4.74 Å². The molecule has 2 heterocycles. The maximum Gasteiger partial charge on any atom is 0.212 e. The lowest BCUT2D eigenvalue weighted by molar-refractivity contribution is 0.340. The molecular formula is C13H14N4OS. The van der Waals surface area contributed by atoms with Crippen LogP contribution in [0.1, 0.15) is 19.4 Å². The molecule has 3 rings (SSSR count). The van der Waals surface area contributed by atoms with Gasteiger partial charge in [-0.3, -0.25) is 0 Å². The maximum atomic E-state index is 5.45. The highest BCUT2D eigenvalue weighted by atomic mass is 32.2. The molecule has 0 aliphatic carbocycles. The van der Waals surface area contributed by atoms with Gasteiger partial charge in [-0.15, -0.1) is 10.2 Å². The molecule has 1 aliphatic heterocycles. The second kappa shape index (κ2) is 5.05. The van der Waals surface area contributed by atoms with Crippen LogP contribution in [0.5, 0.6) is 5.75 Å². The minimum Gasteiger partial charge on any atom is -0.494 e. The van der Waals surface area contributed by atoms with E-state index in [-0.39, 0.29) is 5.25 Å². The number of hydrogen-bond acceptors (Lipinski definition) is 5. The van der Waals surface area contributed by atoms with Crippen LogP contribution < -0.4 is 4.74 Å². The van der Waals surface area contributed by atoms with E-state index in [1.807, 2.05) is 31.2 Å². The molecule has 0 saturated heterocycles. The first-order chi connectivity index (χ1) is 9.28. The Kier molecular flexibility index (Phi) is 3.25. The molecule has 0 spiro atoms. The van der Waals surface area contributed by atoms with E-state index in [2.05, 4.69) is 22.2 Å². The molecule has 0 unspecified atom stereocenters. The first-order valence-corrected chi connectivity index (χ1v) is 7.04. The lowest BCUT2D eigenvalue weighted by Gasteiger charge is -2.19. The molecule has 0 N–H and O–H groups in total. The highest BCUT2D eigenvalue weighted by Gasteiger charge is 2.22. The van der Waals surface area contributed by atoms with Gasteiger partial charge in [0.05, 0.1) is 17.6 Å². The predicted octanol–water partition coefficient (Wildman–Crippen LogP) is 2.42. The molecular weight excluding hydrogens is 260 g/mol. The summed E-state index contributed by atoms with van der Waals surface area (Å²) in [6.45, 7) is 4.78. The molecule has 98 valence electrons. The van der Waals surface area contributed by atoms with Gasteiger partial charge in [-0.2, -0.15) is 9.78 Å². The lowest BCUT2D eigenvalue weighted by atomic mass is 10.1. The zero-order valence-corrected chi connectivity index (χ0v) is 11.6. The molecule has 5 nitrogen and oxygen atoms in total. The van der Waals surface area contributed by atoms with Gasteiger partial charge < -0.3 is 4.74 Å². The summed E-state index contributed by atoms with van der Waals surface area (Å²) in [7, 11) is 0. The van der Waals surface area contributed by atoms with Crippen molar-refractivity contribution in [1.29, 1.82) is 0 Å². The first-order valence-electron chi connectivity index (χ1n) is 6.16. The number of rotatable bonds is 3. The van der Waals surface area contributed by atoms with E-state index in [0.29, 0.717) is 6.61 Å². The molecule has 1 aromatic carbocycles. The van der Waals surface area contributed by atoms with Gasteiger partial charge in [0.1, 0.15) is 12.1 Å². The summed E-state index contributed by atoms with van der Waals surface area (Å²) in [6.07, 6.45) is 1.63. The van der Waals surface area contributed by atoms with Crippen molar-refractivity contribution in [3.8, 4) is 5.75 Å². The van der Waals surface area contributed by atoms with Gasteiger partial charge in [-0.1, -0.05) is 11.8 Å². The number of ether oxygens (including phenoxy) is 1. The van der Waals surface area contributed by atoms with Gasteiger partial charge >= 0.3 is 0 Å². The average molecular weight is 274 g/mol. The van der Waals surface area contributed by atoms with Crippen LogP contribution in [0.3, 0.4) is 0 Å². The maximum absolute atomic E-state index is 5.45. The van der Waals surface area contributed by atoms with Crippen LogP contribution in [0.15, 0.2) is 40.9 Å². The Labute approximate surface area is 115 Å². The minimum absolute atomic E-state index is 0.259. The standard InChI is InChI=1S/C13H14N4OS/c1-3-18-11-6-4-10(5-7-11)12-9(2)19-13-15-14-8-17(13)16-12/h4-9H,3H2,1-2H3/t9-/m1/s1. The topological polar surface area (TPSA) is 52.3 Å². The van der Waals surface area contributed by atoms with Crippen LogP contribution in [0.2, 0.25) is 0 Å². The smallest absolute Gasteiger partial charge is 0.212 e. The normalized spacial score (nSPS) is 17.8. The quantitative estimate of drug-likeness (QED) is 0.862. The van der Waals surface area contributed by atoms with E-state index in [0.717, 1.165) is 22.2 Å². The molecule has 2 aromatic rings. The number of nitrogens with zero attached hydrogens (tertiary/aromatic N) is 4. The SMILES string of the molecule is CCOc1ccc(C2=Nn3cnnc3S[C@@H]2C)cc1. The zero-order valence-electron chi connectivity index (χ0n) is 10.8. The summed E-state index contributed by atoms with van der Waals surface area (Å²) in [5.41, 5.74) is 2.13. The van der Waals surface area contributed by atoms with E-state index >= 15 is 0 Å². The fourth-order valence-corrected chi connectivity index (χ4v) is 2.86. The Bertz CT molecular complexity index is 605. The number of benzene rings is 1. The third kappa shape index (κ3) is 2.35. The van der Waals surface area contributed by atoms with Crippen LogP contribution in [0.25, 0.3) is 0 Å². The van der Waals surface area contributed by atoms with E-state index < -0.39 is 0 Å². The van der Waals surface area contributed by atoms with Crippen LogP contribution in [0.4, 0.5) is 0 Å². The second-order valence-corrected chi connectivity index (χ2v) is 5.47. The molecule has 0 amide bonds. The summed E-state index contributed by atoms with van der Waals surface area (Å²) >= 11 is 1.66. The molecule has 19 heavy (non-hydrogen) atoms. The van der Waals surface area contributed by atoms with Gasteiger partial charge in [0.25, 0.3) is 0 Å². The Balaban J connectivity index is 1.93. The van der Waals surface area contributed by atoms with Crippen molar-refractivity contribution in [3.63, 3.8) is 0 Å². The summed E-state index contributed by atoms with van der Waals surface area (Å²) in [5, 5.41) is 13.6. The summed E-state index contributed by atoms with van der Waals surface area (Å²) in [5.74, 6) is 0.882. The van der Waals surface area contributed by atoms with Gasteiger partial charge in [0.2, 0.25) is 5.16 Å². The number of hydrogen-bond donors (Lipinski definition) is 0. The van der Waals surface area contributed by atoms with Gasteiger partial charge in [-0.05, 0) is 43.7 Å². The largest absolute Gasteiger partial charge is 0.494 e. The highest BCUT2D eigenvalue weighted by Crippen LogP contribution is 2.29. The molecule has 0 bridgehead atoms. The average Bonchev–Trinajstić information content (AvgIpc) is 2.86. The fraction of sp³-hybridized carbons (Fsp3) is 0.308. The lowest BCUT2D eigenvalue weighted by Crippen LogP contribution is -2.21. The third-order valence-electron chi connectivity index (χ3n) is 2.84. The minimum atomic E-state index is 0.259. The van der Waals surface area contributed by atoms with Gasteiger partial charge in [-0.25, -0.2) is 0 Å². The molecule has 1 atom stereocenters. The zero-order chi connectivity index (χ0) is 13.2. The molecule has 1 aromatic heterocycles. The fourth-order valence-electron chi connectivity index (χ4n) is 1.96. The van der Waals surface area contributed by atoms with E-state index in [4.69, 9.17) is 4.74 Å². The Morgan fingerprint density at radius 3 is 2.84 bits per heavy atom. The van der Waals surface area contributed by atoms with E-state index in [9.17, 15) is 0 Å². The summed E-state index contributed by atoms with van der Waals surface area (Å²) < 4.78 is 7.17. The molecule has 0 radical (unpaired) electrons. The van der Waals surface area contributed by atoms with Gasteiger partial charge in [0, 0.05) is 0 Å². The second-order valence-electron chi connectivity index (χ2n) is 4.16. The van der Waals surface area contributed by atoms with Gasteiger partial charge in [0.15, 0.2) is 0 Å². The van der Waals surface area contributed by atoms with Crippen molar-refractivity contribution >= 4 is 17.5 Å². The van der Waals surface area contributed by atoms with Crippen molar-refractivity contribution in [2.75, 3.05) is 6.61 Å². The van der Waals surface area contributed by atoms with Crippen LogP contribution in [0, 0.1) is 0 Å². The monoisotopic (exact) mass is 274 g/mol. The highest BCUT2D eigenvalue weighted by molar-refractivity contribution is 8.00. The van der Waals surface area contributed by atoms with Crippen molar-refractivity contribution in [2.24, 2.45) is 5.10 Å². The number of thioether (sulfide) groups is 1. The number of fused-ring (bicyclic) bond motifs is 1. The van der Waals surface area contributed by atoms with Crippen LogP contribution in [-0.2, 0) is 0 Å². The summed E-state index contributed by atoms with van der Waals surface area (Å²) in [6, 6.07) is 8.02. The molecule has 6 heteroatoms. The molecule has 0 saturated carbocycles. The van der Waals surface area contributed by atoms with E-state index in [1.165, 1.54) is 0 Å². The van der Waals surface area contributed by atoms with Crippen LogP contribution in [-0.4, -0.2) is 32.4 Å². The Hall–Kier alpha value is -1.82. The first kappa shape index (κ1) is 12.2. The van der Waals surface area contributed by atoms with E-state index in [1.54, 1.807) is 22.8 Å². The molecule has 1 aliphatic rings. The molecule has 0 fully saturated rings. The Morgan fingerprint density at radius 2 is 2.11 bits per heavy atom. The Morgan fingerprint density at radius 1 is 1.32 bits per heavy atom. The van der Waals surface area contributed by atoms with Crippen molar-refractivity contribution in [1.82, 2.24) is 14.9 Å². The van der Waals surface area contributed by atoms with Crippen molar-refractivity contribution in [3.05, 3.63) is 36.2 Å². The van der Waals surface area contributed by atoms with Crippen LogP contribution >= 0.6 is 11.8 Å². The number of aromatic nitrogens is 3.